The molecule has 76 valence electrons. The lowest BCUT2D eigenvalue weighted by molar-refractivity contribution is 0.558. The first-order valence-corrected chi connectivity index (χ1v) is 5.08. The van der Waals surface area contributed by atoms with Gasteiger partial charge in [-0.05, 0) is 31.4 Å². The van der Waals surface area contributed by atoms with Gasteiger partial charge in [0, 0.05) is 13.1 Å². The van der Waals surface area contributed by atoms with Crippen molar-refractivity contribution in [2.75, 3.05) is 23.7 Å². The van der Waals surface area contributed by atoms with Crippen molar-refractivity contribution in [3.63, 3.8) is 0 Å². The third kappa shape index (κ3) is 1.67. The van der Waals surface area contributed by atoms with Gasteiger partial charge in [-0.25, -0.2) is 4.39 Å². The van der Waals surface area contributed by atoms with E-state index in [4.69, 9.17) is 5.73 Å². The molecule has 0 spiro atoms. The van der Waals surface area contributed by atoms with Crippen LogP contribution >= 0.6 is 0 Å². The topological polar surface area (TPSA) is 29.3 Å². The van der Waals surface area contributed by atoms with Gasteiger partial charge in [-0.2, -0.15) is 0 Å². The van der Waals surface area contributed by atoms with Gasteiger partial charge in [-0.3, -0.25) is 0 Å². The second kappa shape index (κ2) is 3.86. The number of rotatable bonds is 1. The van der Waals surface area contributed by atoms with Crippen molar-refractivity contribution in [2.24, 2.45) is 0 Å². The molecule has 1 heterocycles. The maximum absolute atomic E-state index is 13.5. The molecule has 2 rings (SSSR count). The van der Waals surface area contributed by atoms with Crippen molar-refractivity contribution in [2.45, 2.75) is 19.3 Å². The lowest BCUT2D eigenvalue weighted by atomic mass is 10.1. The van der Waals surface area contributed by atoms with Crippen LogP contribution in [0.5, 0.6) is 0 Å². The van der Waals surface area contributed by atoms with Crippen LogP contribution in [0, 0.1) is 5.82 Å². The predicted molar refractivity (Wildman–Crippen MR) is 56.9 cm³/mol. The fourth-order valence-electron chi connectivity index (χ4n) is 1.98. The van der Waals surface area contributed by atoms with E-state index in [9.17, 15) is 4.39 Å². The van der Waals surface area contributed by atoms with Crippen molar-refractivity contribution in [1.29, 1.82) is 0 Å². The minimum absolute atomic E-state index is 0.202. The number of benzene rings is 1. The molecule has 1 aliphatic rings. The molecule has 3 heteroatoms. The van der Waals surface area contributed by atoms with Gasteiger partial charge in [0.25, 0.3) is 0 Å². The fourth-order valence-corrected chi connectivity index (χ4v) is 1.98. The number of piperidine rings is 1. The zero-order chi connectivity index (χ0) is 9.97. The number of hydrogen-bond acceptors (Lipinski definition) is 2. The van der Waals surface area contributed by atoms with E-state index in [1.54, 1.807) is 12.1 Å². The maximum atomic E-state index is 13.5. The van der Waals surface area contributed by atoms with Crippen molar-refractivity contribution < 1.29 is 4.39 Å². The maximum Gasteiger partial charge on any atom is 0.148 e. The highest BCUT2D eigenvalue weighted by molar-refractivity contribution is 5.68. The number of nitrogens with two attached hydrogens (primary N) is 1. The Bertz CT molecular complexity index is 299. The Labute approximate surface area is 83.5 Å². The zero-order valence-corrected chi connectivity index (χ0v) is 8.17. The number of halogens is 1. The number of hydrogen-bond donors (Lipinski definition) is 1. The van der Waals surface area contributed by atoms with Crippen LogP contribution in [0.4, 0.5) is 15.8 Å². The Hall–Kier alpha value is -1.25. The van der Waals surface area contributed by atoms with E-state index < -0.39 is 0 Å². The SMILES string of the molecule is Nc1cccc(F)c1N1CCCCC1. The number of anilines is 2. The zero-order valence-electron chi connectivity index (χ0n) is 8.17. The van der Waals surface area contributed by atoms with E-state index in [0.717, 1.165) is 25.9 Å². The summed E-state index contributed by atoms with van der Waals surface area (Å²) < 4.78 is 13.5. The molecule has 0 aliphatic carbocycles. The largest absolute Gasteiger partial charge is 0.397 e. The third-order valence-corrected chi connectivity index (χ3v) is 2.69. The Kier molecular flexibility index (Phi) is 2.57. The van der Waals surface area contributed by atoms with Gasteiger partial charge < -0.3 is 10.6 Å². The number of para-hydroxylation sites is 1. The summed E-state index contributed by atoms with van der Waals surface area (Å²) in [5, 5.41) is 0. The highest BCUT2D eigenvalue weighted by Crippen LogP contribution is 2.28. The van der Waals surface area contributed by atoms with Gasteiger partial charge in [-0.1, -0.05) is 6.07 Å². The molecule has 1 aromatic carbocycles. The highest BCUT2D eigenvalue weighted by atomic mass is 19.1. The summed E-state index contributed by atoms with van der Waals surface area (Å²) in [6, 6.07) is 4.88. The second-order valence-corrected chi connectivity index (χ2v) is 3.73. The summed E-state index contributed by atoms with van der Waals surface area (Å²) in [5.74, 6) is -0.202. The quantitative estimate of drug-likeness (QED) is 0.695. The van der Waals surface area contributed by atoms with Gasteiger partial charge in [-0.15, -0.1) is 0 Å². The highest BCUT2D eigenvalue weighted by Gasteiger charge is 2.16. The average molecular weight is 194 g/mol. The van der Waals surface area contributed by atoms with Gasteiger partial charge in [0.1, 0.15) is 5.82 Å². The Balaban J connectivity index is 2.29. The molecule has 0 radical (unpaired) electrons. The van der Waals surface area contributed by atoms with E-state index in [1.165, 1.54) is 12.5 Å². The molecule has 0 bridgehead atoms. The van der Waals surface area contributed by atoms with E-state index in [-0.39, 0.29) is 5.82 Å². The molecule has 1 aliphatic heterocycles. The first-order valence-electron chi connectivity index (χ1n) is 5.08. The molecule has 0 saturated carbocycles. The Morgan fingerprint density at radius 2 is 1.86 bits per heavy atom. The predicted octanol–water partition coefficient (Wildman–Crippen LogP) is 2.40. The van der Waals surface area contributed by atoms with Crippen LogP contribution in [-0.2, 0) is 0 Å². The summed E-state index contributed by atoms with van der Waals surface area (Å²) >= 11 is 0. The minimum Gasteiger partial charge on any atom is -0.397 e. The summed E-state index contributed by atoms with van der Waals surface area (Å²) in [7, 11) is 0. The van der Waals surface area contributed by atoms with Crippen molar-refractivity contribution in [1.82, 2.24) is 0 Å². The van der Waals surface area contributed by atoms with Crippen LogP contribution in [0.25, 0.3) is 0 Å². The van der Waals surface area contributed by atoms with Gasteiger partial charge in [0.05, 0.1) is 11.4 Å². The van der Waals surface area contributed by atoms with E-state index in [1.807, 2.05) is 4.90 Å². The summed E-state index contributed by atoms with van der Waals surface area (Å²) in [5.41, 5.74) is 6.91. The molecule has 0 amide bonds. The molecule has 2 nitrogen and oxygen atoms in total. The van der Waals surface area contributed by atoms with Crippen LogP contribution in [0.2, 0.25) is 0 Å². The molecule has 14 heavy (non-hydrogen) atoms. The Morgan fingerprint density at radius 1 is 1.14 bits per heavy atom. The molecular formula is C11H15FN2. The van der Waals surface area contributed by atoms with Gasteiger partial charge in [0.15, 0.2) is 0 Å². The second-order valence-electron chi connectivity index (χ2n) is 3.73. The van der Waals surface area contributed by atoms with Crippen molar-refractivity contribution in [3.05, 3.63) is 24.0 Å². The third-order valence-electron chi connectivity index (χ3n) is 2.69. The van der Waals surface area contributed by atoms with E-state index in [2.05, 4.69) is 0 Å². The smallest absolute Gasteiger partial charge is 0.148 e. The first kappa shape index (κ1) is 9.31. The summed E-state index contributed by atoms with van der Waals surface area (Å²) in [4.78, 5) is 2.05. The molecule has 1 aromatic rings. The molecular weight excluding hydrogens is 179 g/mol. The van der Waals surface area contributed by atoms with Crippen LogP contribution in [0.15, 0.2) is 18.2 Å². The monoisotopic (exact) mass is 194 g/mol. The van der Waals surface area contributed by atoms with Gasteiger partial charge in [0.2, 0.25) is 0 Å². The standard InChI is InChI=1S/C11H15FN2/c12-9-5-4-6-10(13)11(9)14-7-2-1-3-8-14/h4-6H,1-3,7-8,13H2. The molecule has 0 unspecified atom stereocenters. The van der Waals surface area contributed by atoms with Crippen LogP contribution in [-0.4, -0.2) is 13.1 Å². The molecule has 2 N–H and O–H groups in total. The van der Waals surface area contributed by atoms with Crippen molar-refractivity contribution in [3.8, 4) is 0 Å². The fraction of sp³-hybridized carbons (Fsp3) is 0.455. The normalized spacial score (nSPS) is 17.1. The van der Waals surface area contributed by atoms with Gasteiger partial charge >= 0.3 is 0 Å². The lowest BCUT2D eigenvalue weighted by Gasteiger charge is -2.29. The average Bonchev–Trinajstić information content (AvgIpc) is 2.19. The van der Waals surface area contributed by atoms with Crippen LogP contribution in [0.3, 0.4) is 0 Å². The minimum atomic E-state index is -0.202. The molecule has 1 saturated heterocycles. The molecule has 0 atom stereocenters. The van der Waals surface area contributed by atoms with E-state index >= 15 is 0 Å². The van der Waals surface area contributed by atoms with Crippen molar-refractivity contribution >= 4 is 11.4 Å². The molecule has 1 fully saturated rings. The van der Waals surface area contributed by atoms with Crippen LogP contribution < -0.4 is 10.6 Å². The summed E-state index contributed by atoms with van der Waals surface area (Å²) in [6.07, 6.45) is 3.51. The lowest BCUT2D eigenvalue weighted by Crippen LogP contribution is -2.30. The number of nitrogen functional groups attached to an aromatic ring is 1. The van der Waals surface area contributed by atoms with Crippen LogP contribution in [0.1, 0.15) is 19.3 Å². The summed E-state index contributed by atoms with van der Waals surface area (Å²) in [6.45, 7) is 1.84. The Morgan fingerprint density at radius 3 is 2.50 bits per heavy atom. The molecule has 0 aromatic heterocycles. The number of nitrogens with zero attached hydrogens (tertiary/aromatic N) is 1. The first-order chi connectivity index (χ1) is 6.79. The van der Waals surface area contributed by atoms with E-state index in [0.29, 0.717) is 11.4 Å².